The Balaban J connectivity index is 1.59. The molecule has 1 saturated carbocycles. The minimum atomic E-state index is -3.08. The summed E-state index contributed by atoms with van der Waals surface area (Å²) in [7, 11) is -3.08. The lowest BCUT2D eigenvalue weighted by molar-refractivity contribution is 0.269. The predicted octanol–water partition coefficient (Wildman–Crippen LogP) is 3.04. The summed E-state index contributed by atoms with van der Waals surface area (Å²) in [5.74, 6) is 2.46. The molecule has 0 radical (unpaired) electrons. The average molecular weight is 341 g/mol. The second-order valence-electron chi connectivity index (χ2n) is 6.82. The van der Waals surface area contributed by atoms with E-state index in [2.05, 4.69) is 10.1 Å². The quantitative estimate of drug-likeness (QED) is 0.823. The molecule has 7 heteroatoms. The van der Waals surface area contributed by atoms with E-state index in [1.54, 1.807) is 4.31 Å². The van der Waals surface area contributed by atoms with Gasteiger partial charge in [-0.05, 0) is 32.1 Å². The van der Waals surface area contributed by atoms with E-state index >= 15 is 0 Å². The van der Waals surface area contributed by atoms with Gasteiger partial charge < -0.3 is 4.52 Å². The van der Waals surface area contributed by atoms with Crippen molar-refractivity contribution in [3.63, 3.8) is 0 Å². The first-order valence-corrected chi connectivity index (χ1v) is 10.5. The third-order valence-electron chi connectivity index (χ3n) is 5.09. The monoisotopic (exact) mass is 341 g/mol. The predicted molar refractivity (Wildman–Crippen MR) is 87.7 cm³/mol. The molecule has 0 atom stereocenters. The van der Waals surface area contributed by atoms with Gasteiger partial charge in [0.15, 0.2) is 5.82 Å². The van der Waals surface area contributed by atoms with Crippen molar-refractivity contribution in [1.82, 2.24) is 14.4 Å². The second-order valence-corrected chi connectivity index (χ2v) is 8.90. The van der Waals surface area contributed by atoms with Crippen LogP contribution in [0.15, 0.2) is 4.52 Å². The highest BCUT2D eigenvalue weighted by Gasteiger charge is 2.31. The van der Waals surface area contributed by atoms with Gasteiger partial charge in [0, 0.05) is 24.9 Å². The van der Waals surface area contributed by atoms with Gasteiger partial charge in [0.25, 0.3) is 0 Å². The zero-order chi connectivity index (χ0) is 16.3. The van der Waals surface area contributed by atoms with E-state index in [0.717, 1.165) is 31.5 Å². The van der Waals surface area contributed by atoms with Gasteiger partial charge >= 0.3 is 0 Å². The Labute approximate surface area is 138 Å². The maximum Gasteiger partial charge on any atom is 0.229 e. The molecular formula is C16H27N3O3S. The lowest BCUT2D eigenvalue weighted by Gasteiger charge is -2.29. The molecule has 1 aliphatic heterocycles. The topological polar surface area (TPSA) is 76.3 Å². The van der Waals surface area contributed by atoms with E-state index in [0.29, 0.717) is 31.3 Å². The van der Waals surface area contributed by atoms with E-state index in [9.17, 15) is 8.42 Å². The van der Waals surface area contributed by atoms with Crippen LogP contribution in [-0.2, 0) is 10.0 Å². The molecule has 23 heavy (non-hydrogen) atoms. The number of sulfonamides is 1. The highest BCUT2D eigenvalue weighted by Crippen LogP contribution is 2.33. The minimum Gasteiger partial charge on any atom is -0.339 e. The molecule has 0 aromatic carbocycles. The van der Waals surface area contributed by atoms with Gasteiger partial charge in [0.05, 0.1) is 5.75 Å². The molecule has 1 aliphatic carbocycles. The van der Waals surface area contributed by atoms with Gasteiger partial charge in [-0.25, -0.2) is 12.7 Å². The number of aromatic nitrogens is 2. The average Bonchev–Trinajstić information content (AvgIpc) is 3.06. The smallest absolute Gasteiger partial charge is 0.229 e. The largest absolute Gasteiger partial charge is 0.339 e. The number of nitrogens with zero attached hydrogens (tertiary/aromatic N) is 3. The molecule has 2 heterocycles. The number of rotatable bonds is 5. The van der Waals surface area contributed by atoms with E-state index in [-0.39, 0.29) is 11.7 Å². The first-order valence-electron chi connectivity index (χ1n) is 8.91. The van der Waals surface area contributed by atoms with Crippen molar-refractivity contribution in [1.29, 1.82) is 0 Å². The lowest BCUT2D eigenvalue weighted by atomic mass is 9.89. The molecule has 2 fully saturated rings. The van der Waals surface area contributed by atoms with Gasteiger partial charge in [-0.1, -0.05) is 31.3 Å². The Hall–Kier alpha value is -0.950. The zero-order valence-corrected chi connectivity index (χ0v) is 14.7. The molecule has 2 aliphatic rings. The van der Waals surface area contributed by atoms with Gasteiger partial charge in [-0.2, -0.15) is 4.98 Å². The minimum absolute atomic E-state index is 0.202. The van der Waals surface area contributed by atoms with Crippen molar-refractivity contribution in [2.75, 3.05) is 18.8 Å². The molecule has 130 valence electrons. The number of piperidine rings is 1. The third kappa shape index (κ3) is 3.94. The van der Waals surface area contributed by atoms with Crippen LogP contribution in [0, 0.1) is 0 Å². The van der Waals surface area contributed by atoms with Crippen LogP contribution in [-0.4, -0.2) is 41.7 Å². The van der Waals surface area contributed by atoms with Gasteiger partial charge in [0.1, 0.15) is 0 Å². The van der Waals surface area contributed by atoms with Crippen LogP contribution >= 0.6 is 0 Å². The fourth-order valence-corrected chi connectivity index (χ4v) is 5.25. The summed E-state index contributed by atoms with van der Waals surface area (Å²) in [5.41, 5.74) is 0. The molecule has 1 aromatic heterocycles. The highest BCUT2D eigenvalue weighted by molar-refractivity contribution is 7.89. The zero-order valence-electron chi connectivity index (χ0n) is 13.9. The molecule has 1 saturated heterocycles. The third-order valence-corrected chi connectivity index (χ3v) is 7.16. The molecule has 0 N–H and O–H groups in total. The number of hydrogen-bond acceptors (Lipinski definition) is 5. The van der Waals surface area contributed by atoms with Crippen molar-refractivity contribution in [2.45, 2.75) is 70.1 Å². The van der Waals surface area contributed by atoms with E-state index in [4.69, 9.17) is 4.52 Å². The Morgan fingerprint density at radius 1 is 1.09 bits per heavy atom. The molecule has 6 nitrogen and oxygen atoms in total. The van der Waals surface area contributed by atoms with Crippen molar-refractivity contribution in [3.8, 4) is 0 Å². The number of hydrogen-bond donors (Lipinski definition) is 0. The Morgan fingerprint density at radius 3 is 2.43 bits per heavy atom. The Kier molecular flexibility index (Phi) is 5.36. The van der Waals surface area contributed by atoms with Crippen LogP contribution in [0.2, 0.25) is 0 Å². The van der Waals surface area contributed by atoms with Gasteiger partial charge in [0.2, 0.25) is 15.9 Å². The summed E-state index contributed by atoms with van der Waals surface area (Å²) in [4.78, 5) is 4.64. The van der Waals surface area contributed by atoms with Gasteiger partial charge in [-0.3, -0.25) is 0 Å². The standard InChI is InChI=1S/C16H27N3O3S/c1-2-12-23(20,21)19-10-8-14(9-11-19)16-17-15(18-22-16)13-6-4-3-5-7-13/h13-14H,2-12H2,1H3. The molecule has 0 unspecified atom stereocenters. The summed E-state index contributed by atoms with van der Waals surface area (Å²) in [6.45, 7) is 3.03. The van der Waals surface area contributed by atoms with Crippen molar-refractivity contribution < 1.29 is 12.9 Å². The molecule has 0 bridgehead atoms. The molecule has 1 aromatic rings. The van der Waals surface area contributed by atoms with Gasteiger partial charge in [-0.15, -0.1) is 0 Å². The lowest BCUT2D eigenvalue weighted by Crippen LogP contribution is -2.39. The van der Waals surface area contributed by atoms with E-state index < -0.39 is 10.0 Å². The summed E-state index contributed by atoms with van der Waals surface area (Å²) >= 11 is 0. The van der Waals surface area contributed by atoms with Crippen molar-refractivity contribution >= 4 is 10.0 Å². The summed E-state index contributed by atoms with van der Waals surface area (Å²) < 4.78 is 31.3. The van der Waals surface area contributed by atoms with Crippen LogP contribution in [0.1, 0.15) is 81.8 Å². The van der Waals surface area contributed by atoms with E-state index in [1.807, 2.05) is 6.92 Å². The van der Waals surface area contributed by atoms with Crippen molar-refractivity contribution in [3.05, 3.63) is 11.7 Å². The van der Waals surface area contributed by atoms with Crippen LogP contribution in [0.25, 0.3) is 0 Å². The Bertz CT molecular complexity index is 600. The highest BCUT2D eigenvalue weighted by atomic mass is 32.2. The van der Waals surface area contributed by atoms with E-state index in [1.165, 1.54) is 19.3 Å². The fraction of sp³-hybridized carbons (Fsp3) is 0.875. The van der Waals surface area contributed by atoms with Crippen LogP contribution in [0.3, 0.4) is 0 Å². The fourth-order valence-electron chi connectivity index (χ4n) is 3.71. The second kappa shape index (κ2) is 7.30. The SMILES string of the molecule is CCCS(=O)(=O)N1CCC(c2nc(C3CCCCC3)no2)CC1. The van der Waals surface area contributed by atoms with Crippen LogP contribution < -0.4 is 0 Å². The first kappa shape index (κ1) is 16.9. The summed E-state index contributed by atoms with van der Waals surface area (Å²) in [6, 6.07) is 0. The molecule has 3 rings (SSSR count). The summed E-state index contributed by atoms with van der Waals surface area (Å²) in [6.07, 6.45) is 8.34. The summed E-state index contributed by atoms with van der Waals surface area (Å²) in [5, 5.41) is 4.19. The van der Waals surface area contributed by atoms with Crippen LogP contribution in [0.5, 0.6) is 0 Å². The van der Waals surface area contributed by atoms with Crippen LogP contribution in [0.4, 0.5) is 0 Å². The molecule has 0 spiro atoms. The molecular weight excluding hydrogens is 314 g/mol. The first-order chi connectivity index (χ1) is 11.1. The van der Waals surface area contributed by atoms with Crippen molar-refractivity contribution in [2.24, 2.45) is 0 Å². The maximum absolute atomic E-state index is 12.1. The Morgan fingerprint density at radius 2 is 1.78 bits per heavy atom. The maximum atomic E-state index is 12.1. The molecule has 0 amide bonds. The normalized spacial score (nSPS) is 22.5.